The molecular formula is C17H29NO3. The lowest BCUT2D eigenvalue weighted by molar-refractivity contribution is -0.117. The zero-order chi connectivity index (χ0) is 16.1. The van der Waals surface area contributed by atoms with E-state index in [2.05, 4.69) is 12.2 Å². The van der Waals surface area contributed by atoms with Gasteiger partial charge in [0, 0.05) is 18.6 Å². The van der Waals surface area contributed by atoms with Crippen LogP contribution in [0.25, 0.3) is 0 Å². The number of hydrogen-bond donors (Lipinski definition) is 1. The van der Waals surface area contributed by atoms with Crippen LogP contribution in [0.1, 0.15) is 53.4 Å². The molecule has 0 bridgehead atoms. The average molecular weight is 295 g/mol. The molecule has 1 atom stereocenters. The zero-order valence-electron chi connectivity index (χ0n) is 13.9. The lowest BCUT2D eigenvalue weighted by Crippen LogP contribution is -2.48. The molecule has 1 N–H and O–H groups in total. The summed E-state index contributed by atoms with van der Waals surface area (Å²) < 4.78 is 5.71. The Morgan fingerprint density at radius 2 is 1.95 bits per heavy atom. The second kappa shape index (κ2) is 7.21. The van der Waals surface area contributed by atoms with Crippen molar-refractivity contribution in [3.8, 4) is 0 Å². The van der Waals surface area contributed by atoms with Crippen LogP contribution in [0, 0.1) is 11.8 Å². The topological polar surface area (TPSA) is 55.4 Å². The van der Waals surface area contributed by atoms with Crippen molar-refractivity contribution in [2.24, 2.45) is 11.8 Å². The molecule has 4 heteroatoms. The van der Waals surface area contributed by atoms with E-state index in [1.807, 2.05) is 26.8 Å². The Balaban J connectivity index is 2.73. The highest BCUT2D eigenvalue weighted by molar-refractivity contribution is 5.91. The van der Waals surface area contributed by atoms with Crippen LogP contribution < -0.4 is 5.32 Å². The molecule has 0 aromatic heterocycles. The zero-order valence-corrected chi connectivity index (χ0v) is 13.9. The lowest BCUT2D eigenvalue weighted by atomic mass is 9.71. The molecular weight excluding hydrogens is 266 g/mol. The van der Waals surface area contributed by atoms with Crippen LogP contribution in [-0.2, 0) is 14.3 Å². The van der Waals surface area contributed by atoms with Crippen LogP contribution in [0.5, 0.6) is 0 Å². The molecule has 0 spiro atoms. The Morgan fingerprint density at radius 3 is 2.38 bits per heavy atom. The number of carbonyl (C=O) groups is 2. The highest BCUT2D eigenvalue weighted by Crippen LogP contribution is 2.39. The number of carbonyl (C=O) groups excluding carboxylic acids is 2. The first-order valence-electron chi connectivity index (χ1n) is 7.76. The third-order valence-electron chi connectivity index (χ3n) is 4.89. The normalized spacial score (nSPS) is 29.3. The fourth-order valence-corrected chi connectivity index (χ4v) is 2.93. The minimum atomic E-state index is -0.424. The summed E-state index contributed by atoms with van der Waals surface area (Å²) in [5, 5.41) is 2.92. The maximum atomic E-state index is 11.8. The number of rotatable bonds is 7. The molecule has 0 aliphatic heterocycles. The van der Waals surface area contributed by atoms with Crippen LogP contribution >= 0.6 is 0 Å². The molecule has 4 nitrogen and oxygen atoms in total. The van der Waals surface area contributed by atoms with E-state index >= 15 is 0 Å². The molecule has 1 fully saturated rings. The van der Waals surface area contributed by atoms with E-state index in [1.54, 1.807) is 13.2 Å². The van der Waals surface area contributed by atoms with E-state index in [0.29, 0.717) is 5.92 Å². The Morgan fingerprint density at radius 1 is 1.38 bits per heavy atom. The molecule has 0 heterocycles. The summed E-state index contributed by atoms with van der Waals surface area (Å²) in [5.74, 6) is 0.496. The first-order chi connectivity index (χ1) is 9.76. The monoisotopic (exact) mass is 295 g/mol. The molecule has 0 saturated heterocycles. The van der Waals surface area contributed by atoms with Crippen molar-refractivity contribution in [3.05, 3.63) is 12.2 Å². The van der Waals surface area contributed by atoms with Crippen LogP contribution in [0.4, 0.5) is 0 Å². The highest BCUT2D eigenvalue weighted by atomic mass is 16.5. The SMILES string of the molecule is CO[C@@](C)(/C=C/C(=O)C(C)C)C1CCC(C)(NC=O)CC1. The minimum Gasteiger partial charge on any atom is -0.374 e. The summed E-state index contributed by atoms with van der Waals surface area (Å²) in [6.45, 7) is 7.92. The van der Waals surface area contributed by atoms with Crippen LogP contribution in [-0.4, -0.2) is 30.4 Å². The van der Waals surface area contributed by atoms with Crippen molar-refractivity contribution in [2.75, 3.05) is 7.11 Å². The van der Waals surface area contributed by atoms with Gasteiger partial charge in [-0.05, 0) is 57.6 Å². The van der Waals surface area contributed by atoms with E-state index in [0.717, 1.165) is 32.1 Å². The van der Waals surface area contributed by atoms with Gasteiger partial charge in [0.05, 0.1) is 5.60 Å². The van der Waals surface area contributed by atoms with Gasteiger partial charge in [0.25, 0.3) is 0 Å². The number of ketones is 1. The van der Waals surface area contributed by atoms with Crippen molar-refractivity contribution < 1.29 is 14.3 Å². The van der Waals surface area contributed by atoms with Gasteiger partial charge in [0.2, 0.25) is 6.41 Å². The first kappa shape index (κ1) is 17.9. The largest absolute Gasteiger partial charge is 0.374 e. The van der Waals surface area contributed by atoms with Gasteiger partial charge in [0.15, 0.2) is 5.78 Å². The molecule has 1 aliphatic carbocycles. The van der Waals surface area contributed by atoms with Crippen molar-refractivity contribution in [2.45, 2.75) is 64.5 Å². The van der Waals surface area contributed by atoms with Gasteiger partial charge in [-0.2, -0.15) is 0 Å². The van der Waals surface area contributed by atoms with Crippen molar-refractivity contribution in [1.82, 2.24) is 5.32 Å². The van der Waals surface area contributed by atoms with Gasteiger partial charge in [-0.15, -0.1) is 0 Å². The highest BCUT2D eigenvalue weighted by Gasteiger charge is 2.39. The van der Waals surface area contributed by atoms with Gasteiger partial charge < -0.3 is 10.1 Å². The number of amides is 1. The van der Waals surface area contributed by atoms with Gasteiger partial charge >= 0.3 is 0 Å². The van der Waals surface area contributed by atoms with Gasteiger partial charge in [-0.25, -0.2) is 0 Å². The Kier molecular flexibility index (Phi) is 6.14. The predicted molar refractivity (Wildman–Crippen MR) is 84.0 cm³/mol. The number of nitrogens with one attached hydrogen (secondary N) is 1. The van der Waals surface area contributed by atoms with E-state index in [9.17, 15) is 9.59 Å². The smallest absolute Gasteiger partial charge is 0.207 e. The third-order valence-corrected chi connectivity index (χ3v) is 4.89. The van der Waals surface area contributed by atoms with Crippen molar-refractivity contribution in [1.29, 1.82) is 0 Å². The van der Waals surface area contributed by atoms with E-state index in [1.165, 1.54) is 0 Å². The van der Waals surface area contributed by atoms with Crippen LogP contribution in [0.2, 0.25) is 0 Å². The molecule has 0 unspecified atom stereocenters. The molecule has 21 heavy (non-hydrogen) atoms. The Bertz CT molecular complexity index is 395. The second-order valence-electron chi connectivity index (χ2n) is 6.88. The van der Waals surface area contributed by atoms with Gasteiger partial charge in [-0.3, -0.25) is 9.59 Å². The molecule has 120 valence electrons. The quantitative estimate of drug-likeness (QED) is 0.580. The second-order valence-corrected chi connectivity index (χ2v) is 6.88. The standard InChI is InChI=1S/C17H29NO3/c1-13(2)15(20)8-11-17(4,21-5)14-6-9-16(3,10-7-14)18-12-19/h8,11-14H,6-7,9-10H2,1-5H3,(H,18,19)/b11-8+/t14?,16?,17-/m0/s1. The number of ether oxygens (including phenoxy) is 1. The maximum Gasteiger partial charge on any atom is 0.207 e. The predicted octanol–water partition coefficient (Wildman–Crippen LogP) is 2.87. The van der Waals surface area contributed by atoms with Gasteiger partial charge in [0.1, 0.15) is 0 Å². The number of hydrogen-bond acceptors (Lipinski definition) is 3. The summed E-state index contributed by atoms with van der Waals surface area (Å²) in [7, 11) is 1.70. The summed E-state index contributed by atoms with van der Waals surface area (Å²) in [4.78, 5) is 22.5. The number of allylic oxidation sites excluding steroid dienone is 1. The maximum absolute atomic E-state index is 11.8. The van der Waals surface area contributed by atoms with Crippen molar-refractivity contribution in [3.63, 3.8) is 0 Å². The molecule has 1 aliphatic rings. The fraction of sp³-hybridized carbons (Fsp3) is 0.765. The minimum absolute atomic E-state index is 0.00814. The van der Waals surface area contributed by atoms with E-state index in [-0.39, 0.29) is 17.2 Å². The average Bonchev–Trinajstić information content (AvgIpc) is 2.45. The third kappa shape index (κ3) is 4.67. The molecule has 0 aromatic carbocycles. The van der Waals surface area contributed by atoms with Gasteiger partial charge in [-0.1, -0.05) is 13.8 Å². The molecule has 1 amide bonds. The Labute approximate surface area is 128 Å². The van der Waals surface area contributed by atoms with E-state index in [4.69, 9.17) is 4.74 Å². The summed E-state index contributed by atoms with van der Waals surface area (Å²) in [6.07, 6.45) is 8.17. The lowest BCUT2D eigenvalue weighted by Gasteiger charge is -2.43. The summed E-state index contributed by atoms with van der Waals surface area (Å²) in [5.41, 5.74) is -0.530. The van der Waals surface area contributed by atoms with Crippen LogP contribution in [0.3, 0.4) is 0 Å². The molecule has 0 aromatic rings. The van der Waals surface area contributed by atoms with Crippen LogP contribution in [0.15, 0.2) is 12.2 Å². The summed E-state index contributed by atoms with van der Waals surface area (Å²) >= 11 is 0. The Hall–Kier alpha value is -1.16. The summed E-state index contributed by atoms with van der Waals surface area (Å²) in [6, 6.07) is 0. The van der Waals surface area contributed by atoms with Crippen molar-refractivity contribution >= 4 is 12.2 Å². The fourth-order valence-electron chi connectivity index (χ4n) is 2.93. The molecule has 1 rings (SSSR count). The van der Waals surface area contributed by atoms with E-state index < -0.39 is 5.60 Å². The number of methoxy groups -OCH3 is 1. The first-order valence-corrected chi connectivity index (χ1v) is 7.76. The molecule has 1 saturated carbocycles. The molecule has 0 radical (unpaired) electrons.